The van der Waals surface area contributed by atoms with Crippen molar-refractivity contribution in [1.82, 2.24) is 0 Å². The highest BCUT2D eigenvalue weighted by molar-refractivity contribution is 6.17. The van der Waals surface area contributed by atoms with Gasteiger partial charge in [0.25, 0.3) is 0 Å². The third-order valence-corrected chi connectivity index (χ3v) is 2.82. The van der Waals surface area contributed by atoms with Crippen molar-refractivity contribution in [3.8, 4) is 5.75 Å². The molecule has 0 saturated heterocycles. The highest BCUT2D eigenvalue weighted by Crippen LogP contribution is 2.26. The Hall–Kier alpha value is -1.02. The predicted octanol–water partition coefficient (Wildman–Crippen LogP) is 2.82. The van der Waals surface area contributed by atoms with Crippen LogP contribution in [0, 0.1) is 0 Å². The van der Waals surface area contributed by atoms with Crippen LogP contribution >= 0.6 is 11.6 Å². The van der Waals surface area contributed by atoms with Gasteiger partial charge < -0.3 is 4.74 Å². The van der Waals surface area contributed by atoms with Crippen molar-refractivity contribution in [1.29, 1.82) is 0 Å². The van der Waals surface area contributed by atoms with Gasteiger partial charge in [-0.25, -0.2) is 0 Å². The number of carbonyl (C=O) groups excluding carboxylic acids is 1. The van der Waals surface area contributed by atoms with Crippen LogP contribution in [0.15, 0.2) is 18.2 Å². The van der Waals surface area contributed by atoms with Gasteiger partial charge in [0.1, 0.15) is 5.75 Å². The van der Waals surface area contributed by atoms with Crippen LogP contribution in [0.3, 0.4) is 0 Å². The first-order valence-corrected chi connectivity index (χ1v) is 5.69. The van der Waals surface area contributed by atoms with Crippen molar-refractivity contribution in [2.75, 3.05) is 12.5 Å². The van der Waals surface area contributed by atoms with E-state index in [-0.39, 0.29) is 5.78 Å². The number of ketones is 1. The summed E-state index contributed by atoms with van der Waals surface area (Å²) >= 11 is 5.55. The Labute approximate surface area is 94.2 Å². The zero-order valence-corrected chi connectivity index (χ0v) is 9.22. The van der Waals surface area contributed by atoms with Crippen LogP contribution in [0.25, 0.3) is 0 Å². The van der Waals surface area contributed by atoms with Crippen LogP contribution in [0.4, 0.5) is 0 Å². The van der Waals surface area contributed by atoms with Crippen LogP contribution in [0.2, 0.25) is 0 Å². The van der Waals surface area contributed by atoms with Gasteiger partial charge in [-0.3, -0.25) is 4.79 Å². The molecule has 0 N–H and O–H groups in total. The van der Waals surface area contributed by atoms with Crippen LogP contribution in [-0.2, 0) is 6.42 Å². The Bertz CT molecular complexity index is 374. The van der Waals surface area contributed by atoms with Gasteiger partial charge in [0.05, 0.1) is 6.61 Å². The zero-order chi connectivity index (χ0) is 10.7. The van der Waals surface area contributed by atoms with E-state index in [1.54, 1.807) is 0 Å². The molecule has 0 spiro atoms. The summed E-state index contributed by atoms with van der Waals surface area (Å²) in [4.78, 5) is 11.5. The minimum atomic E-state index is 0.229. The molecule has 0 heterocycles. The average molecular weight is 225 g/mol. The molecule has 1 aromatic carbocycles. The highest BCUT2D eigenvalue weighted by Gasteiger charge is 2.19. The number of aryl methyl sites for hydroxylation is 1. The smallest absolute Gasteiger partial charge is 0.163 e. The quantitative estimate of drug-likeness (QED) is 0.581. The molecule has 1 aromatic rings. The lowest BCUT2D eigenvalue weighted by Crippen LogP contribution is -1.99. The molecule has 0 amide bonds. The Balaban J connectivity index is 2.08. The normalized spacial score (nSPS) is 14.1. The molecule has 2 rings (SSSR count). The number of carbonyl (C=O) groups is 1. The third-order valence-electron chi connectivity index (χ3n) is 2.55. The molecule has 0 saturated carbocycles. The molecule has 0 fully saturated rings. The van der Waals surface area contributed by atoms with E-state index in [9.17, 15) is 4.79 Å². The van der Waals surface area contributed by atoms with Crippen molar-refractivity contribution in [3.63, 3.8) is 0 Å². The first-order chi connectivity index (χ1) is 7.31. The second kappa shape index (κ2) is 4.67. The number of benzene rings is 1. The Morgan fingerprint density at radius 2 is 2.20 bits per heavy atom. The van der Waals surface area contributed by atoms with Gasteiger partial charge in [0, 0.05) is 17.9 Å². The second-order valence-corrected chi connectivity index (χ2v) is 4.01. The molecule has 0 radical (unpaired) electrons. The molecule has 0 atom stereocenters. The summed E-state index contributed by atoms with van der Waals surface area (Å²) in [5, 5.41) is 0. The van der Waals surface area contributed by atoms with Crippen molar-refractivity contribution in [2.45, 2.75) is 19.3 Å². The molecule has 1 aliphatic rings. The largest absolute Gasteiger partial charge is 0.494 e. The van der Waals surface area contributed by atoms with E-state index in [0.29, 0.717) is 18.9 Å². The minimum absolute atomic E-state index is 0.229. The van der Waals surface area contributed by atoms with E-state index in [1.165, 1.54) is 0 Å². The van der Waals surface area contributed by atoms with Crippen LogP contribution in [0.5, 0.6) is 5.75 Å². The summed E-state index contributed by atoms with van der Waals surface area (Å²) < 4.78 is 5.48. The van der Waals surface area contributed by atoms with Gasteiger partial charge in [-0.15, -0.1) is 11.6 Å². The van der Waals surface area contributed by atoms with E-state index >= 15 is 0 Å². The summed E-state index contributed by atoms with van der Waals surface area (Å²) in [6.45, 7) is 0.608. The Morgan fingerprint density at radius 3 is 3.00 bits per heavy atom. The molecule has 0 unspecified atom stereocenters. The molecule has 0 aromatic heterocycles. The molecular weight excluding hydrogens is 212 g/mol. The highest BCUT2D eigenvalue weighted by atomic mass is 35.5. The van der Waals surface area contributed by atoms with E-state index in [0.717, 1.165) is 29.7 Å². The molecule has 0 aliphatic heterocycles. The van der Waals surface area contributed by atoms with Crippen LogP contribution in [0.1, 0.15) is 28.8 Å². The summed E-state index contributed by atoms with van der Waals surface area (Å²) in [5.41, 5.74) is 1.98. The van der Waals surface area contributed by atoms with E-state index < -0.39 is 0 Å². The predicted molar refractivity (Wildman–Crippen MR) is 59.9 cm³/mol. The number of ether oxygens (including phenoxy) is 1. The fraction of sp³-hybridized carbons (Fsp3) is 0.417. The number of alkyl halides is 1. The monoisotopic (exact) mass is 224 g/mol. The van der Waals surface area contributed by atoms with Crippen molar-refractivity contribution in [3.05, 3.63) is 29.3 Å². The summed E-state index contributed by atoms with van der Waals surface area (Å²) in [6, 6.07) is 5.75. The number of hydrogen-bond acceptors (Lipinski definition) is 2. The second-order valence-electron chi connectivity index (χ2n) is 3.63. The molecule has 2 nitrogen and oxygen atoms in total. The van der Waals surface area contributed by atoms with Gasteiger partial charge in [-0.2, -0.15) is 0 Å². The standard InChI is InChI=1S/C12H13ClO2/c13-6-1-7-15-10-4-2-9-3-5-12(14)11(9)8-10/h2,4,8H,1,3,5-7H2. The minimum Gasteiger partial charge on any atom is -0.494 e. The van der Waals surface area contributed by atoms with Gasteiger partial charge in [0.2, 0.25) is 0 Å². The Morgan fingerprint density at radius 1 is 1.33 bits per heavy atom. The van der Waals surface area contributed by atoms with Gasteiger partial charge in [-0.1, -0.05) is 6.07 Å². The lowest BCUT2D eigenvalue weighted by molar-refractivity contribution is 0.0994. The van der Waals surface area contributed by atoms with Crippen molar-refractivity contribution in [2.24, 2.45) is 0 Å². The van der Waals surface area contributed by atoms with Crippen molar-refractivity contribution >= 4 is 17.4 Å². The molecule has 15 heavy (non-hydrogen) atoms. The lowest BCUT2D eigenvalue weighted by Gasteiger charge is -2.06. The third kappa shape index (κ3) is 2.32. The fourth-order valence-corrected chi connectivity index (χ4v) is 1.86. The number of halogens is 1. The first kappa shape index (κ1) is 10.5. The van der Waals surface area contributed by atoms with E-state index in [4.69, 9.17) is 16.3 Å². The lowest BCUT2D eigenvalue weighted by atomic mass is 10.1. The number of rotatable bonds is 4. The topological polar surface area (TPSA) is 26.3 Å². The molecule has 0 bridgehead atoms. The number of fused-ring (bicyclic) bond motifs is 1. The maximum Gasteiger partial charge on any atom is 0.163 e. The average Bonchev–Trinajstić information content (AvgIpc) is 2.61. The summed E-state index contributed by atoms with van der Waals surface area (Å²) in [7, 11) is 0. The maximum absolute atomic E-state index is 11.5. The maximum atomic E-state index is 11.5. The molecular formula is C12H13ClO2. The number of Topliss-reactive ketones (excluding diaryl/α,β-unsaturated/α-hetero) is 1. The molecule has 3 heteroatoms. The van der Waals surface area contributed by atoms with Gasteiger partial charge in [-0.05, 0) is 30.5 Å². The van der Waals surface area contributed by atoms with Gasteiger partial charge in [0.15, 0.2) is 5.78 Å². The fourth-order valence-electron chi connectivity index (χ4n) is 1.75. The molecule has 80 valence electrons. The SMILES string of the molecule is O=C1CCc2ccc(OCCCCl)cc21. The zero-order valence-electron chi connectivity index (χ0n) is 8.46. The summed E-state index contributed by atoms with van der Waals surface area (Å²) in [5.74, 6) is 1.60. The van der Waals surface area contributed by atoms with Gasteiger partial charge >= 0.3 is 0 Å². The van der Waals surface area contributed by atoms with E-state index in [2.05, 4.69) is 0 Å². The van der Waals surface area contributed by atoms with Crippen LogP contribution < -0.4 is 4.74 Å². The van der Waals surface area contributed by atoms with E-state index in [1.807, 2.05) is 18.2 Å². The van der Waals surface area contributed by atoms with Crippen LogP contribution in [-0.4, -0.2) is 18.3 Å². The number of hydrogen-bond donors (Lipinski definition) is 0. The first-order valence-electron chi connectivity index (χ1n) is 5.16. The van der Waals surface area contributed by atoms with Crippen molar-refractivity contribution < 1.29 is 9.53 Å². The summed E-state index contributed by atoms with van der Waals surface area (Å²) in [6.07, 6.45) is 2.34. The Kier molecular flexibility index (Phi) is 3.27. The molecule has 1 aliphatic carbocycles.